The van der Waals surface area contributed by atoms with Crippen LogP contribution in [0.3, 0.4) is 0 Å². The number of rotatable bonds is 6. The summed E-state index contributed by atoms with van der Waals surface area (Å²) in [7, 11) is -3.90. The Hall–Kier alpha value is 0.534. The summed E-state index contributed by atoms with van der Waals surface area (Å²) in [6, 6.07) is 0. The fourth-order valence-corrected chi connectivity index (χ4v) is 12.9. The van der Waals surface area contributed by atoms with Crippen molar-refractivity contribution < 1.29 is 14.0 Å². The summed E-state index contributed by atoms with van der Waals surface area (Å²) in [4.78, 5) is 0.411. The number of aliphatic hydroxyl groups excluding tert-OH is 1. The summed E-state index contributed by atoms with van der Waals surface area (Å²) in [6.45, 7) is 31.7. The molecule has 0 amide bonds. The Bertz CT molecular complexity index is 965. The first kappa shape index (κ1) is 33.4. The van der Waals surface area contributed by atoms with E-state index in [4.69, 9.17) is 8.85 Å². The minimum Gasteiger partial charge on any atom is -0.414 e. The van der Waals surface area contributed by atoms with Crippen LogP contribution in [0.15, 0.2) is 11.6 Å². The number of hydrogen-bond acceptors (Lipinski definition) is 3. The number of aliphatic hydroxyl groups is 1. The van der Waals surface area contributed by atoms with Crippen molar-refractivity contribution in [1.29, 1.82) is 0 Å². The first-order chi connectivity index (χ1) is 18.1. The molecule has 1 unspecified atom stereocenters. The van der Waals surface area contributed by atoms with Gasteiger partial charge >= 0.3 is 0 Å². The molecule has 1 N–H and O–H groups in total. The predicted octanol–water partition coefficient (Wildman–Crippen LogP) is 9.96. The first-order valence-electron chi connectivity index (χ1n) is 16.4. The van der Waals surface area contributed by atoms with E-state index in [1.807, 2.05) is 0 Å². The Morgan fingerprint density at radius 3 is 2.08 bits per heavy atom. The Morgan fingerprint density at radius 2 is 1.52 bits per heavy atom. The van der Waals surface area contributed by atoms with E-state index < -0.39 is 16.6 Å². The molecule has 3 saturated carbocycles. The Balaban J connectivity index is 1.75. The highest BCUT2D eigenvalue weighted by Gasteiger charge is 2.64. The summed E-state index contributed by atoms with van der Waals surface area (Å²) < 4.78 is 14.7. The third kappa shape index (κ3) is 5.48. The third-order valence-electron chi connectivity index (χ3n) is 13.7. The normalized spacial score (nSPS) is 41.6. The highest BCUT2D eigenvalue weighted by Crippen LogP contribution is 2.68. The molecule has 0 bridgehead atoms. The van der Waals surface area contributed by atoms with Crippen LogP contribution < -0.4 is 0 Å². The summed E-state index contributed by atoms with van der Waals surface area (Å²) in [5.41, 5.74) is 1.99. The van der Waals surface area contributed by atoms with Gasteiger partial charge in [0.25, 0.3) is 0 Å². The van der Waals surface area contributed by atoms with E-state index in [-0.39, 0.29) is 27.7 Å². The van der Waals surface area contributed by atoms with Crippen molar-refractivity contribution in [2.24, 2.45) is 40.4 Å². The Kier molecular flexibility index (Phi) is 9.07. The molecule has 0 aliphatic heterocycles. The molecule has 4 rings (SSSR count). The average molecular weight is 656 g/mol. The second kappa shape index (κ2) is 10.9. The molecule has 0 aromatic carbocycles. The molecular formula is C34H63BrO3Si2. The van der Waals surface area contributed by atoms with Crippen molar-refractivity contribution >= 4 is 32.6 Å². The Morgan fingerprint density at radius 1 is 0.950 bits per heavy atom. The van der Waals surface area contributed by atoms with Crippen molar-refractivity contribution in [3.63, 3.8) is 0 Å². The summed E-state index contributed by atoms with van der Waals surface area (Å²) in [6.07, 6.45) is 10.3. The van der Waals surface area contributed by atoms with Gasteiger partial charge in [-0.15, -0.1) is 0 Å². The van der Waals surface area contributed by atoms with Crippen molar-refractivity contribution in [2.45, 2.75) is 154 Å². The quantitative estimate of drug-likeness (QED) is 0.176. The maximum atomic E-state index is 10.1. The second-order valence-corrected chi connectivity index (χ2v) is 28.5. The zero-order chi connectivity index (χ0) is 30.3. The maximum absolute atomic E-state index is 10.1. The minimum atomic E-state index is -2.00. The molecule has 0 aromatic rings. The van der Waals surface area contributed by atoms with E-state index >= 15 is 0 Å². The van der Waals surface area contributed by atoms with Gasteiger partial charge in [0.05, 0.1) is 12.2 Å². The monoisotopic (exact) mass is 654 g/mol. The van der Waals surface area contributed by atoms with Crippen molar-refractivity contribution in [2.75, 3.05) is 6.61 Å². The lowest BCUT2D eigenvalue weighted by atomic mass is 9.46. The van der Waals surface area contributed by atoms with Crippen molar-refractivity contribution in [3.8, 4) is 0 Å². The van der Waals surface area contributed by atoms with Crippen LogP contribution in [0.4, 0.5) is 0 Å². The molecule has 0 heterocycles. The summed E-state index contributed by atoms with van der Waals surface area (Å²) >= 11 is 4.29. The van der Waals surface area contributed by atoms with E-state index in [0.717, 1.165) is 12.8 Å². The number of alkyl halides is 1. The van der Waals surface area contributed by atoms with Crippen LogP contribution >= 0.6 is 15.9 Å². The lowest BCUT2D eigenvalue weighted by molar-refractivity contribution is -0.101. The molecule has 3 fully saturated rings. The largest absolute Gasteiger partial charge is 0.414 e. The fourth-order valence-electron chi connectivity index (χ4n) is 9.09. The van der Waals surface area contributed by atoms with Gasteiger partial charge in [0.1, 0.15) is 0 Å². The Labute approximate surface area is 258 Å². The number of fused-ring (bicyclic) bond motifs is 5. The number of hydrogen-bond donors (Lipinski definition) is 1. The minimum absolute atomic E-state index is 0.0553. The predicted molar refractivity (Wildman–Crippen MR) is 179 cm³/mol. The molecule has 4 aliphatic carbocycles. The van der Waals surface area contributed by atoms with Gasteiger partial charge in [-0.3, -0.25) is 0 Å². The van der Waals surface area contributed by atoms with Crippen LogP contribution in [0.2, 0.25) is 36.3 Å². The molecule has 0 spiro atoms. The topological polar surface area (TPSA) is 38.7 Å². The molecule has 232 valence electrons. The van der Waals surface area contributed by atoms with Gasteiger partial charge in [0, 0.05) is 16.8 Å². The lowest BCUT2D eigenvalue weighted by Crippen LogP contribution is -2.61. The molecule has 0 radical (unpaired) electrons. The van der Waals surface area contributed by atoms with E-state index in [1.165, 1.54) is 25.7 Å². The van der Waals surface area contributed by atoms with E-state index in [1.54, 1.807) is 5.57 Å². The van der Waals surface area contributed by atoms with Gasteiger partial charge in [-0.25, -0.2) is 0 Å². The number of halogens is 1. The van der Waals surface area contributed by atoms with Gasteiger partial charge in [-0.2, -0.15) is 0 Å². The number of allylic oxidation sites excluding steroid dienone is 1. The first-order valence-corrected chi connectivity index (χ1v) is 23.1. The molecule has 4 aliphatic rings. The standard InChI is InChI=1S/C34H63BrO3Si2/c1-22(21-36)25-14-15-26-30-27(16-17-33(25,26)8)34(9)23(19-28(30)35)18-24(37-39(10,11)31(2,3)4)20-29(34)38-40(12,13)32(5,6)7/h19,22,24-30,36H,14-18,20-21H2,1-13H3/t22-,24-,25-,26+,27+,28?,29+,30+,33-,34+/m1/s1. The van der Waals surface area contributed by atoms with E-state index in [9.17, 15) is 5.11 Å². The van der Waals surface area contributed by atoms with Crippen molar-refractivity contribution in [3.05, 3.63) is 11.6 Å². The molecule has 0 saturated heterocycles. The van der Waals surface area contributed by atoms with Crippen LogP contribution in [0.25, 0.3) is 0 Å². The maximum Gasteiger partial charge on any atom is 0.192 e. The van der Waals surface area contributed by atoms with Crippen LogP contribution in [-0.2, 0) is 8.85 Å². The van der Waals surface area contributed by atoms with Gasteiger partial charge in [0.2, 0.25) is 0 Å². The highest BCUT2D eigenvalue weighted by molar-refractivity contribution is 9.09. The van der Waals surface area contributed by atoms with Gasteiger partial charge in [-0.1, -0.05) is 89.9 Å². The molecule has 40 heavy (non-hydrogen) atoms. The molecular weight excluding hydrogens is 592 g/mol. The molecule has 3 nitrogen and oxygen atoms in total. The SMILES string of the molecule is C[C@H](CO)[C@H]1CC[C@H]2[C@@H]3C(Br)C=C4C[C@@H](O[Si](C)(C)C(C)(C)C)C[C@H](O[Si](C)(C)C(C)(C)C)[C@]4(C)[C@H]3CC[C@]12C. The second-order valence-electron chi connectivity index (χ2n) is 17.9. The highest BCUT2D eigenvalue weighted by atomic mass is 79.9. The van der Waals surface area contributed by atoms with Gasteiger partial charge < -0.3 is 14.0 Å². The van der Waals surface area contributed by atoms with Crippen LogP contribution in [0.5, 0.6) is 0 Å². The smallest absolute Gasteiger partial charge is 0.192 e. The molecule has 6 heteroatoms. The molecule has 10 atom stereocenters. The fraction of sp³-hybridized carbons (Fsp3) is 0.941. The van der Waals surface area contributed by atoms with Crippen LogP contribution in [0, 0.1) is 40.4 Å². The van der Waals surface area contributed by atoms with Gasteiger partial charge in [0.15, 0.2) is 16.6 Å². The summed E-state index contributed by atoms with van der Waals surface area (Å²) in [5.74, 6) is 2.99. The zero-order valence-corrected chi connectivity index (χ0v) is 31.9. The van der Waals surface area contributed by atoms with Gasteiger partial charge in [-0.05, 0) is 110 Å². The summed E-state index contributed by atoms with van der Waals surface area (Å²) in [5, 5.41) is 10.5. The van der Waals surface area contributed by atoms with E-state index in [0.29, 0.717) is 46.4 Å². The van der Waals surface area contributed by atoms with E-state index in [2.05, 4.69) is 111 Å². The average Bonchev–Trinajstić information content (AvgIpc) is 3.15. The molecule has 0 aromatic heterocycles. The lowest BCUT2D eigenvalue weighted by Gasteiger charge is -2.62. The van der Waals surface area contributed by atoms with Crippen molar-refractivity contribution in [1.82, 2.24) is 0 Å². The van der Waals surface area contributed by atoms with Crippen LogP contribution in [-0.4, -0.2) is 45.4 Å². The zero-order valence-electron chi connectivity index (χ0n) is 28.3. The van der Waals surface area contributed by atoms with Crippen LogP contribution in [0.1, 0.15) is 101 Å². The third-order valence-corrected chi connectivity index (χ3v) is 23.6.